The van der Waals surface area contributed by atoms with Gasteiger partial charge in [0, 0.05) is 11.4 Å². The maximum absolute atomic E-state index is 13.1. The molecular formula is C18H18ClF3N2O3. The monoisotopic (exact) mass is 402 g/mol. The van der Waals surface area contributed by atoms with Crippen LogP contribution in [-0.2, 0) is 20.6 Å². The topological polar surface area (TPSA) is 66.5 Å². The summed E-state index contributed by atoms with van der Waals surface area (Å²) in [6.07, 6.45) is -0.749. The van der Waals surface area contributed by atoms with Gasteiger partial charge in [-0.3, -0.25) is 19.3 Å². The van der Waals surface area contributed by atoms with Crippen molar-refractivity contribution in [1.29, 1.82) is 0 Å². The predicted octanol–water partition coefficient (Wildman–Crippen LogP) is 4.01. The van der Waals surface area contributed by atoms with Gasteiger partial charge in [0.25, 0.3) is 0 Å². The summed E-state index contributed by atoms with van der Waals surface area (Å²) in [5, 5.41) is 2.02. The van der Waals surface area contributed by atoms with Gasteiger partial charge in [-0.1, -0.05) is 30.9 Å². The van der Waals surface area contributed by atoms with Gasteiger partial charge in [0.15, 0.2) is 0 Å². The fourth-order valence-electron chi connectivity index (χ4n) is 3.83. The molecule has 1 saturated carbocycles. The number of hydrogen-bond acceptors (Lipinski definition) is 3. The lowest BCUT2D eigenvalue weighted by molar-refractivity contribution is -0.144. The fraction of sp³-hybridized carbons (Fsp3) is 0.500. The molecule has 1 heterocycles. The molecular weight excluding hydrogens is 385 g/mol. The third-order valence-corrected chi connectivity index (χ3v) is 5.40. The van der Waals surface area contributed by atoms with E-state index in [-0.39, 0.29) is 11.4 Å². The Kier molecular flexibility index (Phi) is 5.20. The van der Waals surface area contributed by atoms with Gasteiger partial charge in [0.1, 0.15) is 6.54 Å². The lowest BCUT2D eigenvalue weighted by Gasteiger charge is -2.30. The van der Waals surface area contributed by atoms with E-state index in [1.54, 1.807) is 0 Å². The van der Waals surface area contributed by atoms with Crippen LogP contribution >= 0.6 is 11.6 Å². The van der Waals surface area contributed by atoms with Gasteiger partial charge in [-0.2, -0.15) is 13.2 Å². The number of nitrogens with one attached hydrogen (secondary N) is 1. The molecule has 0 unspecified atom stereocenters. The van der Waals surface area contributed by atoms with Crippen LogP contribution in [0.3, 0.4) is 0 Å². The van der Waals surface area contributed by atoms with Gasteiger partial charge in [0.2, 0.25) is 17.7 Å². The molecule has 0 aromatic heterocycles. The van der Waals surface area contributed by atoms with E-state index >= 15 is 0 Å². The summed E-state index contributed by atoms with van der Waals surface area (Å²) in [7, 11) is 0. The Bertz CT molecular complexity index is 789. The number of rotatable bonds is 3. The Balaban J connectivity index is 1.73. The Labute approximate surface area is 158 Å². The molecule has 1 spiro atoms. The van der Waals surface area contributed by atoms with E-state index in [4.69, 9.17) is 11.6 Å². The molecule has 27 heavy (non-hydrogen) atoms. The minimum absolute atomic E-state index is 0.0634. The maximum atomic E-state index is 13.1. The molecule has 3 amide bonds. The second kappa shape index (κ2) is 7.14. The van der Waals surface area contributed by atoms with Gasteiger partial charge in [-0.05, 0) is 31.0 Å². The molecule has 1 N–H and O–H groups in total. The Morgan fingerprint density at radius 3 is 2.48 bits per heavy atom. The second-order valence-electron chi connectivity index (χ2n) is 7.04. The number of likely N-dealkylation sites (tertiary alicyclic amines) is 1. The lowest BCUT2D eigenvalue weighted by Crippen LogP contribution is -2.41. The first-order valence-corrected chi connectivity index (χ1v) is 9.02. The number of hydrogen-bond donors (Lipinski definition) is 1. The molecule has 0 radical (unpaired) electrons. The molecule has 2 fully saturated rings. The minimum atomic E-state index is -4.71. The molecule has 1 aliphatic heterocycles. The molecule has 2 aliphatic rings. The summed E-state index contributed by atoms with van der Waals surface area (Å²) in [5.41, 5.74) is -2.30. The number of carbonyl (C=O) groups is 3. The Hall–Kier alpha value is -2.09. The highest BCUT2D eigenvalue weighted by Crippen LogP contribution is 2.45. The van der Waals surface area contributed by atoms with Crippen molar-refractivity contribution >= 4 is 35.0 Å². The molecule has 5 nitrogen and oxygen atoms in total. The van der Waals surface area contributed by atoms with E-state index in [1.165, 1.54) is 6.07 Å². The molecule has 1 aliphatic carbocycles. The van der Waals surface area contributed by atoms with Crippen molar-refractivity contribution in [2.45, 2.75) is 44.7 Å². The molecule has 0 atom stereocenters. The quantitative estimate of drug-likeness (QED) is 0.777. The highest BCUT2D eigenvalue weighted by molar-refractivity contribution is 6.30. The zero-order valence-corrected chi connectivity index (χ0v) is 15.1. The van der Waals surface area contributed by atoms with Gasteiger partial charge in [-0.25, -0.2) is 0 Å². The minimum Gasteiger partial charge on any atom is -0.324 e. The van der Waals surface area contributed by atoms with Crippen molar-refractivity contribution in [3.63, 3.8) is 0 Å². The van der Waals surface area contributed by atoms with E-state index < -0.39 is 47.1 Å². The molecule has 1 aromatic carbocycles. The summed E-state index contributed by atoms with van der Waals surface area (Å²) >= 11 is 5.61. The van der Waals surface area contributed by atoms with Crippen molar-refractivity contribution < 1.29 is 27.6 Å². The van der Waals surface area contributed by atoms with Crippen LogP contribution in [0.5, 0.6) is 0 Å². The van der Waals surface area contributed by atoms with Crippen LogP contribution in [0.4, 0.5) is 18.9 Å². The van der Waals surface area contributed by atoms with E-state index in [0.717, 1.165) is 30.2 Å². The highest BCUT2D eigenvalue weighted by Gasteiger charge is 2.51. The second-order valence-corrected chi connectivity index (χ2v) is 7.48. The number of alkyl halides is 3. The van der Waals surface area contributed by atoms with E-state index in [1.807, 2.05) is 0 Å². The zero-order valence-electron chi connectivity index (χ0n) is 14.4. The number of imide groups is 1. The van der Waals surface area contributed by atoms with Gasteiger partial charge < -0.3 is 5.32 Å². The maximum Gasteiger partial charge on any atom is 0.418 e. The van der Waals surface area contributed by atoms with Crippen LogP contribution in [0.15, 0.2) is 18.2 Å². The van der Waals surface area contributed by atoms with Crippen molar-refractivity contribution in [3.05, 3.63) is 28.8 Å². The van der Waals surface area contributed by atoms with E-state index in [2.05, 4.69) is 5.32 Å². The summed E-state index contributed by atoms with van der Waals surface area (Å²) in [6, 6.07) is 2.97. The van der Waals surface area contributed by atoms with Crippen molar-refractivity contribution in [1.82, 2.24) is 4.90 Å². The number of amides is 3. The largest absolute Gasteiger partial charge is 0.418 e. The highest BCUT2D eigenvalue weighted by atomic mass is 35.5. The van der Waals surface area contributed by atoms with Crippen LogP contribution in [0, 0.1) is 5.41 Å². The molecule has 9 heteroatoms. The fourth-order valence-corrected chi connectivity index (χ4v) is 4.00. The summed E-state index contributed by atoms with van der Waals surface area (Å²) in [6.45, 7) is -0.598. The molecule has 3 rings (SSSR count). The Morgan fingerprint density at radius 2 is 1.85 bits per heavy atom. The summed E-state index contributed by atoms with van der Waals surface area (Å²) < 4.78 is 39.4. The molecule has 1 saturated heterocycles. The van der Waals surface area contributed by atoms with Crippen molar-refractivity contribution in [3.8, 4) is 0 Å². The Morgan fingerprint density at radius 1 is 1.19 bits per heavy atom. The SMILES string of the molecule is O=C(CN1C(=O)CC2(CCCCC2)C1=O)Nc1ccc(Cl)cc1C(F)(F)F. The van der Waals surface area contributed by atoms with Crippen molar-refractivity contribution in [2.75, 3.05) is 11.9 Å². The molecule has 146 valence electrons. The predicted molar refractivity (Wildman–Crippen MR) is 91.9 cm³/mol. The van der Waals surface area contributed by atoms with Crippen LogP contribution in [-0.4, -0.2) is 29.2 Å². The average molecular weight is 403 g/mol. The first-order valence-electron chi connectivity index (χ1n) is 8.64. The summed E-state index contributed by atoms with van der Waals surface area (Å²) in [4.78, 5) is 38.0. The number of halogens is 4. The standard InChI is InChI=1S/C18H18ClF3N2O3/c19-11-4-5-13(12(8-11)18(20,21)22)23-14(25)10-24-15(26)9-17(16(24)27)6-2-1-3-7-17/h4-5,8H,1-3,6-7,9-10H2,(H,23,25). The molecule has 0 bridgehead atoms. The van der Waals surface area contributed by atoms with Crippen molar-refractivity contribution in [2.24, 2.45) is 5.41 Å². The normalized spacial score (nSPS) is 19.6. The lowest BCUT2D eigenvalue weighted by atomic mass is 9.73. The third kappa shape index (κ3) is 3.95. The number of nitrogens with zero attached hydrogens (tertiary/aromatic N) is 1. The first kappa shape index (κ1) is 19.7. The average Bonchev–Trinajstić information content (AvgIpc) is 2.80. The number of carbonyl (C=O) groups excluding carboxylic acids is 3. The molecule has 1 aromatic rings. The van der Waals surface area contributed by atoms with Gasteiger partial charge in [-0.15, -0.1) is 0 Å². The zero-order chi connectivity index (χ0) is 19.8. The summed E-state index contributed by atoms with van der Waals surface area (Å²) in [5.74, 6) is -1.71. The van der Waals surface area contributed by atoms with E-state index in [9.17, 15) is 27.6 Å². The first-order chi connectivity index (χ1) is 12.6. The van der Waals surface area contributed by atoms with Gasteiger partial charge >= 0.3 is 6.18 Å². The van der Waals surface area contributed by atoms with E-state index in [0.29, 0.717) is 18.9 Å². The van der Waals surface area contributed by atoms with Gasteiger partial charge in [0.05, 0.1) is 16.7 Å². The van der Waals surface area contributed by atoms with Crippen LogP contribution in [0.25, 0.3) is 0 Å². The van der Waals surface area contributed by atoms with Crippen LogP contribution < -0.4 is 5.32 Å². The number of anilines is 1. The third-order valence-electron chi connectivity index (χ3n) is 5.16. The smallest absolute Gasteiger partial charge is 0.324 e. The van der Waals surface area contributed by atoms with Crippen LogP contribution in [0.1, 0.15) is 44.1 Å². The van der Waals surface area contributed by atoms with Crippen LogP contribution in [0.2, 0.25) is 5.02 Å². The number of benzene rings is 1.